The number of carbonyl (C=O) groups is 1. The molecule has 0 aliphatic carbocycles. The zero-order valence-corrected chi connectivity index (χ0v) is 22.6. The molecule has 176 valence electrons. The van der Waals surface area contributed by atoms with Crippen molar-refractivity contribution in [1.29, 1.82) is 0 Å². The van der Waals surface area contributed by atoms with Gasteiger partial charge in [0.25, 0.3) is 0 Å². The van der Waals surface area contributed by atoms with Crippen LogP contribution in [-0.4, -0.2) is 51.2 Å². The van der Waals surface area contributed by atoms with Gasteiger partial charge in [0, 0.05) is 35.0 Å². The summed E-state index contributed by atoms with van der Waals surface area (Å²) >= 11 is 8.45. The molecule has 1 aliphatic heterocycles. The van der Waals surface area contributed by atoms with Gasteiger partial charge in [-0.15, -0.1) is 0 Å². The molecule has 0 bridgehead atoms. The molecule has 6 nitrogen and oxygen atoms in total. The number of likely N-dealkylation sites (tertiary alicyclic amines) is 1. The first kappa shape index (κ1) is 26.8. The number of hydrogen-bond acceptors (Lipinski definition) is 4. The number of hydrogen-bond donors (Lipinski definition) is 2. The summed E-state index contributed by atoms with van der Waals surface area (Å²) in [5.74, 6) is 0.428. The number of benzene rings is 1. The van der Waals surface area contributed by atoms with Crippen LogP contribution in [0.15, 0.2) is 18.2 Å². The first-order valence-corrected chi connectivity index (χ1v) is 14.5. The summed E-state index contributed by atoms with van der Waals surface area (Å²) in [6.07, 6.45) is 3.62. The normalized spacial score (nSPS) is 17.5. The predicted octanol–water partition coefficient (Wildman–Crippen LogP) is 3.96. The molecule has 1 fully saturated rings. The number of nitrogens with zero attached hydrogens (tertiary/aromatic N) is 1. The van der Waals surface area contributed by atoms with Crippen molar-refractivity contribution in [1.82, 2.24) is 14.9 Å². The van der Waals surface area contributed by atoms with Crippen LogP contribution in [0.1, 0.15) is 51.2 Å². The highest BCUT2D eigenvalue weighted by Crippen LogP contribution is 2.25. The second kappa shape index (κ2) is 11.6. The Bertz CT molecular complexity index is 850. The molecule has 1 aliphatic rings. The fraction of sp³-hybridized carbons (Fsp3) is 0.682. The fourth-order valence-electron chi connectivity index (χ4n) is 3.81. The Morgan fingerprint density at radius 3 is 2.39 bits per heavy atom. The van der Waals surface area contributed by atoms with Crippen LogP contribution >= 0.6 is 34.2 Å². The van der Waals surface area contributed by atoms with E-state index in [-0.39, 0.29) is 17.4 Å². The van der Waals surface area contributed by atoms with E-state index in [0.717, 1.165) is 41.5 Å². The van der Waals surface area contributed by atoms with E-state index in [1.54, 1.807) is 0 Å². The Balaban J connectivity index is 1.79. The van der Waals surface area contributed by atoms with Crippen molar-refractivity contribution >= 4 is 50.1 Å². The standard InChI is InChI=1S/C22H35ClIN3O3S/c1-22(2,3)20(26-31(4,29)30)15-27-7-5-16(6-8-27)12-21(28)25-14-18-9-17(13-24)10-19(23)11-18/h9-11,16,20,26H,5-8,12-15H2,1-4H3,(H,25,28). The van der Waals surface area contributed by atoms with E-state index in [0.29, 0.717) is 30.5 Å². The minimum atomic E-state index is -3.26. The average Bonchev–Trinajstić information content (AvgIpc) is 2.65. The molecule has 9 heteroatoms. The van der Waals surface area contributed by atoms with Gasteiger partial charge in [-0.05, 0) is 60.5 Å². The molecule has 2 N–H and O–H groups in total. The summed E-state index contributed by atoms with van der Waals surface area (Å²) in [4.78, 5) is 14.7. The first-order chi connectivity index (χ1) is 14.4. The van der Waals surface area contributed by atoms with Crippen LogP contribution in [-0.2, 0) is 25.8 Å². The maximum atomic E-state index is 12.4. The van der Waals surface area contributed by atoms with Gasteiger partial charge in [-0.1, -0.05) is 61.0 Å². The van der Waals surface area contributed by atoms with Gasteiger partial charge in [0.05, 0.1) is 6.26 Å². The molecule has 0 saturated carbocycles. The van der Waals surface area contributed by atoms with Crippen LogP contribution < -0.4 is 10.0 Å². The van der Waals surface area contributed by atoms with Crippen LogP contribution in [0, 0.1) is 11.3 Å². The lowest BCUT2D eigenvalue weighted by molar-refractivity contribution is -0.122. The van der Waals surface area contributed by atoms with Crippen molar-refractivity contribution < 1.29 is 13.2 Å². The highest BCUT2D eigenvalue weighted by molar-refractivity contribution is 14.1. The predicted molar refractivity (Wildman–Crippen MR) is 136 cm³/mol. The molecule has 1 aromatic carbocycles. The van der Waals surface area contributed by atoms with E-state index in [1.807, 2.05) is 12.1 Å². The van der Waals surface area contributed by atoms with Gasteiger partial charge in [0.1, 0.15) is 0 Å². The number of nitrogens with one attached hydrogen (secondary N) is 2. The van der Waals surface area contributed by atoms with Crippen LogP contribution in [0.5, 0.6) is 0 Å². The zero-order valence-electron chi connectivity index (χ0n) is 18.9. The summed E-state index contributed by atoms with van der Waals surface area (Å²) in [6, 6.07) is 5.77. The van der Waals surface area contributed by atoms with E-state index < -0.39 is 10.0 Å². The maximum absolute atomic E-state index is 12.4. The molecule has 1 heterocycles. The van der Waals surface area contributed by atoms with E-state index in [1.165, 1.54) is 6.26 Å². The molecule has 0 spiro atoms. The summed E-state index contributed by atoms with van der Waals surface area (Å²) in [6.45, 7) is 9.09. The highest BCUT2D eigenvalue weighted by Gasteiger charge is 2.31. The van der Waals surface area contributed by atoms with Crippen LogP contribution in [0.2, 0.25) is 5.02 Å². The Morgan fingerprint density at radius 2 is 1.84 bits per heavy atom. The minimum absolute atomic E-state index is 0.0701. The SMILES string of the molecule is CC(C)(C)C(CN1CCC(CC(=O)NCc2cc(Cl)cc(CI)c2)CC1)NS(C)(=O)=O. The molecule has 2 rings (SSSR count). The first-order valence-electron chi connectivity index (χ1n) is 10.7. The topological polar surface area (TPSA) is 78.5 Å². The number of piperidine rings is 1. The van der Waals surface area contributed by atoms with E-state index in [9.17, 15) is 13.2 Å². The molecule has 1 atom stereocenters. The Kier molecular flexibility index (Phi) is 10.1. The molecule has 1 aromatic rings. The van der Waals surface area contributed by atoms with Gasteiger partial charge in [-0.25, -0.2) is 13.1 Å². The second-order valence-corrected chi connectivity index (χ2v) is 12.6. The van der Waals surface area contributed by atoms with Gasteiger partial charge < -0.3 is 10.2 Å². The number of amides is 1. The largest absolute Gasteiger partial charge is 0.352 e. The van der Waals surface area contributed by atoms with Crippen LogP contribution in [0.25, 0.3) is 0 Å². The molecule has 0 aromatic heterocycles. The lowest BCUT2D eigenvalue weighted by Gasteiger charge is -2.38. The molecule has 1 unspecified atom stereocenters. The number of sulfonamides is 1. The quantitative estimate of drug-likeness (QED) is 0.341. The summed E-state index contributed by atoms with van der Waals surface area (Å²) in [5, 5.41) is 3.72. The molecular formula is C22H35ClIN3O3S. The minimum Gasteiger partial charge on any atom is -0.352 e. The van der Waals surface area contributed by atoms with E-state index >= 15 is 0 Å². The van der Waals surface area contributed by atoms with Crippen LogP contribution in [0.4, 0.5) is 0 Å². The number of alkyl halides is 1. The lowest BCUT2D eigenvalue weighted by Crippen LogP contribution is -2.51. The lowest BCUT2D eigenvalue weighted by atomic mass is 9.86. The van der Waals surface area contributed by atoms with Gasteiger partial charge in [-0.2, -0.15) is 0 Å². The monoisotopic (exact) mass is 583 g/mol. The highest BCUT2D eigenvalue weighted by atomic mass is 127. The summed E-state index contributed by atoms with van der Waals surface area (Å²) < 4.78 is 27.2. The average molecular weight is 584 g/mol. The number of halogens is 2. The molecule has 1 amide bonds. The summed E-state index contributed by atoms with van der Waals surface area (Å²) in [5.41, 5.74) is 2.01. The molecule has 31 heavy (non-hydrogen) atoms. The Morgan fingerprint density at radius 1 is 1.23 bits per heavy atom. The van der Waals surface area contributed by atoms with Gasteiger partial charge >= 0.3 is 0 Å². The van der Waals surface area contributed by atoms with Gasteiger partial charge in [-0.3, -0.25) is 4.79 Å². The van der Waals surface area contributed by atoms with Gasteiger partial charge in [0.15, 0.2) is 0 Å². The third kappa shape index (κ3) is 9.94. The second-order valence-electron chi connectivity index (χ2n) is 9.63. The third-order valence-electron chi connectivity index (χ3n) is 5.69. The van der Waals surface area contributed by atoms with Crippen LogP contribution in [0.3, 0.4) is 0 Å². The third-order valence-corrected chi connectivity index (χ3v) is 7.50. The van der Waals surface area contributed by atoms with E-state index in [2.05, 4.69) is 64.4 Å². The van der Waals surface area contributed by atoms with E-state index in [4.69, 9.17) is 11.6 Å². The number of rotatable bonds is 9. The Hall–Kier alpha value is -0.420. The zero-order chi connectivity index (χ0) is 23.2. The van der Waals surface area contributed by atoms with Crippen molar-refractivity contribution in [3.63, 3.8) is 0 Å². The van der Waals surface area contributed by atoms with Crippen molar-refractivity contribution in [2.75, 3.05) is 25.9 Å². The summed E-state index contributed by atoms with van der Waals surface area (Å²) in [7, 11) is -3.26. The molecule has 1 saturated heterocycles. The number of carbonyl (C=O) groups excluding carboxylic acids is 1. The molecular weight excluding hydrogens is 549 g/mol. The fourth-order valence-corrected chi connectivity index (χ4v) is 5.47. The van der Waals surface area contributed by atoms with Crippen molar-refractivity contribution in [2.45, 2.75) is 57.0 Å². The maximum Gasteiger partial charge on any atom is 0.220 e. The Labute approximate surface area is 206 Å². The molecule has 0 radical (unpaired) electrons. The van der Waals surface area contributed by atoms with Crippen molar-refractivity contribution in [3.05, 3.63) is 34.3 Å². The smallest absolute Gasteiger partial charge is 0.220 e. The van der Waals surface area contributed by atoms with Gasteiger partial charge in [0.2, 0.25) is 15.9 Å². The van der Waals surface area contributed by atoms with Crippen molar-refractivity contribution in [2.24, 2.45) is 11.3 Å². The van der Waals surface area contributed by atoms with Crippen molar-refractivity contribution in [3.8, 4) is 0 Å².